The van der Waals surface area contributed by atoms with Gasteiger partial charge in [-0.05, 0) is 48.9 Å². The van der Waals surface area contributed by atoms with Crippen molar-refractivity contribution in [1.29, 1.82) is 0 Å². The van der Waals surface area contributed by atoms with Crippen LogP contribution in [0.2, 0.25) is 0 Å². The zero-order valence-corrected chi connectivity index (χ0v) is 15.1. The van der Waals surface area contributed by atoms with E-state index in [9.17, 15) is 4.79 Å². The fourth-order valence-electron chi connectivity index (χ4n) is 3.30. The fraction of sp³-hybridized carbons (Fsp3) is 0.474. The van der Waals surface area contributed by atoms with Crippen molar-refractivity contribution in [2.24, 2.45) is 13.0 Å². The second-order valence-electron chi connectivity index (χ2n) is 6.76. The third-order valence-corrected chi connectivity index (χ3v) is 4.82. The van der Waals surface area contributed by atoms with Gasteiger partial charge in [-0.1, -0.05) is 12.1 Å². The average Bonchev–Trinajstić information content (AvgIpc) is 3.24. The number of urea groups is 1. The van der Waals surface area contributed by atoms with Crippen LogP contribution in [0.1, 0.15) is 30.6 Å². The number of aryl methyl sites for hydroxylation is 1. The summed E-state index contributed by atoms with van der Waals surface area (Å²) in [5.41, 5.74) is 3.09. The predicted molar refractivity (Wildman–Crippen MR) is 97.5 cm³/mol. The van der Waals surface area contributed by atoms with E-state index < -0.39 is 0 Å². The van der Waals surface area contributed by atoms with Crippen molar-refractivity contribution < 1.29 is 9.53 Å². The molecule has 1 aromatic heterocycles. The molecule has 2 atom stereocenters. The second kappa shape index (κ2) is 7.70. The highest BCUT2D eigenvalue weighted by molar-refractivity contribution is 5.89. The van der Waals surface area contributed by atoms with Gasteiger partial charge in [-0.25, -0.2) is 4.79 Å². The second-order valence-corrected chi connectivity index (χ2v) is 6.76. The number of benzene rings is 1. The zero-order chi connectivity index (χ0) is 17.8. The lowest BCUT2D eigenvalue weighted by Crippen LogP contribution is -2.33. The van der Waals surface area contributed by atoms with Gasteiger partial charge in [0.2, 0.25) is 0 Å². The molecule has 134 valence electrons. The van der Waals surface area contributed by atoms with Crippen LogP contribution in [-0.2, 0) is 18.2 Å². The van der Waals surface area contributed by atoms with Crippen LogP contribution in [0.3, 0.4) is 0 Å². The van der Waals surface area contributed by atoms with Crippen LogP contribution in [0.4, 0.5) is 10.5 Å². The fourth-order valence-corrected chi connectivity index (χ4v) is 3.30. The quantitative estimate of drug-likeness (QED) is 0.907. The molecule has 1 aromatic carbocycles. The molecule has 2 aromatic rings. The molecule has 1 aliphatic rings. The Bertz CT molecular complexity index is 728. The molecule has 6 nitrogen and oxygen atoms in total. The van der Waals surface area contributed by atoms with E-state index in [0.717, 1.165) is 37.2 Å². The number of amides is 2. The minimum Gasteiger partial charge on any atom is -0.377 e. The van der Waals surface area contributed by atoms with E-state index in [1.54, 1.807) is 7.11 Å². The van der Waals surface area contributed by atoms with Crippen LogP contribution in [0.15, 0.2) is 36.7 Å². The van der Waals surface area contributed by atoms with Crippen LogP contribution >= 0.6 is 0 Å². The van der Waals surface area contributed by atoms with Gasteiger partial charge in [0.15, 0.2) is 0 Å². The monoisotopic (exact) mass is 342 g/mol. The van der Waals surface area contributed by atoms with Gasteiger partial charge < -0.3 is 15.0 Å². The SMILES string of the molecule is CO[C@@H](C)c1cccc(NC(=O)N2CC[C@@H](Cc3cnn(C)c3)C2)c1. The van der Waals surface area contributed by atoms with Crippen molar-refractivity contribution in [2.45, 2.75) is 25.9 Å². The first-order valence-corrected chi connectivity index (χ1v) is 8.71. The van der Waals surface area contributed by atoms with E-state index >= 15 is 0 Å². The van der Waals surface area contributed by atoms with Crippen molar-refractivity contribution in [2.75, 3.05) is 25.5 Å². The van der Waals surface area contributed by atoms with Gasteiger partial charge >= 0.3 is 6.03 Å². The first kappa shape index (κ1) is 17.5. The minimum atomic E-state index is -0.0316. The first-order chi connectivity index (χ1) is 12.0. The van der Waals surface area contributed by atoms with Crippen molar-refractivity contribution in [3.8, 4) is 0 Å². The normalized spacial score (nSPS) is 18.4. The summed E-state index contributed by atoms with van der Waals surface area (Å²) in [6, 6.07) is 7.79. The summed E-state index contributed by atoms with van der Waals surface area (Å²) < 4.78 is 7.16. The number of rotatable bonds is 5. The largest absolute Gasteiger partial charge is 0.377 e. The maximum absolute atomic E-state index is 12.5. The molecular weight excluding hydrogens is 316 g/mol. The Labute approximate surface area is 148 Å². The number of nitrogens with zero attached hydrogens (tertiary/aromatic N) is 3. The predicted octanol–water partition coefficient (Wildman–Crippen LogP) is 3.22. The molecule has 0 bridgehead atoms. The highest BCUT2D eigenvalue weighted by Gasteiger charge is 2.26. The van der Waals surface area contributed by atoms with Gasteiger partial charge in [0, 0.05) is 39.1 Å². The Morgan fingerprint density at radius 3 is 3.04 bits per heavy atom. The number of likely N-dealkylation sites (tertiary alicyclic amines) is 1. The van der Waals surface area contributed by atoms with Gasteiger partial charge in [0.05, 0.1) is 12.3 Å². The average molecular weight is 342 g/mol. The highest BCUT2D eigenvalue weighted by atomic mass is 16.5. The van der Waals surface area contributed by atoms with Gasteiger partial charge in [-0.3, -0.25) is 4.68 Å². The Morgan fingerprint density at radius 1 is 1.48 bits per heavy atom. The van der Waals surface area contributed by atoms with E-state index in [2.05, 4.69) is 10.4 Å². The lowest BCUT2D eigenvalue weighted by molar-refractivity contribution is 0.119. The number of anilines is 1. The summed E-state index contributed by atoms with van der Waals surface area (Å²) in [7, 11) is 3.61. The summed E-state index contributed by atoms with van der Waals surface area (Å²) >= 11 is 0. The van der Waals surface area contributed by atoms with E-state index in [-0.39, 0.29) is 12.1 Å². The summed E-state index contributed by atoms with van der Waals surface area (Å²) in [6.45, 7) is 3.57. The van der Waals surface area contributed by atoms with Crippen LogP contribution in [0.5, 0.6) is 0 Å². The molecule has 1 fully saturated rings. The van der Waals surface area contributed by atoms with Gasteiger partial charge in [-0.2, -0.15) is 5.10 Å². The lowest BCUT2D eigenvalue weighted by Gasteiger charge is -2.18. The Kier molecular flexibility index (Phi) is 5.38. The Morgan fingerprint density at radius 2 is 2.32 bits per heavy atom. The first-order valence-electron chi connectivity index (χ1n) is 8.71. The molecule has 2 heterocycles. The molecule has 1 aliphatic heterocycles. The number of methoxy groups -OCH3 is 1. The van der Waals surface area contributed by atoms with Crippen molar-refractivity contribution >= 4 is 11.7 Å². The van der Waals surface area contributed by atoms with Crippen LogP contribution in [0, 0.1) is 5.92 Å². The molecule has 6 heteroatoms. The van der Waals surface area contributed by atoms with Gasteiger partial charge in [-0.15, -0.1) is 0 Å². The van der Waals surface area contributed by atoms with Crippen molar-refractivity contribution in [1.82, 2.24) is 14.7 Å². The molecular formula is C19H26N4O2. The zero-order valence-electron chi connectivity index (χ0n) is 15.1. The molecule has 0 aliphatic carbocycles. The number of ether oxygens (including phenoxy) is 1. The minimum absolute atomic E-state index is 0.00695. The molecule has 0 radical (unpaired) electrons. The van der Waals surface area contributed by atoms with Gasteiger partial charge in [0.25, 0.3) is 0 Å². The van der Waals surface area contributed by atoms with Crippen LogP contribution in [-0.4, -0.2) is 40.9 Å². The van der Waals surface area contributed by atoms with Crippen molar-refractivity contribution in [3.05, 3.63) is 47.8 Å². The molecule has 0 saturated carbocycles. The van der Waals surface area contributed by atoms with E-state index in [0.29, 0.717) is 5.92 Å². The lowest BCUT2D eigenvalue weighted by atomic mass is 10.0. The smallest absolute Gasteiger partial charge is 0.321 e. The van der Waals surface area contributed by atoms with E-state index in [4.69, 9.17) is 4.74 Å². The van der Waals surface area contributed by atoms with E-state index in [1.165, 1.54) is 5.56 Å². The number of carbonyl (C=O) groups is 1. The van der Waals surface area contributed by atoms with E-state index in [1.807, 2.05) is 60.2 Å². The standard InChI is InChI=1S/C19H26N4O2/c1-14(25-3)17-5-4-6-18(10-17)21-19(24)23-8-7-15(13-23)9-16-11-20-22(2)12-16/h4-6,10-12,14-15H,7-9,13H2,1-3H3,(H,21,24)/t14-,15-/m0/s1. The molecule has 3 rings (SSSR count). The maximum Gasteiger partial charge on any atom is 0.321 e. The number of hydrogen-bond donors (Lipinski definition) is 1. The van der Waals surface area contributed by atoms with Crippen LogP contribution in [0.25, 0.3) is 0 Å². The molecule has 1 saturated heterocycles. The summed E-state index contributed by atoms with van der Waals surface area (Å²) in [5.74, 6) is 0.495. The van der Waals surface area contributed by atoms with Gasteiger partial charge in [0.1, 0.15) is 0 Å². The van der Waals surface area contributed by atoms with Crippen molar-refractivity contribution in [3.63, 3.8) is 0 Å². The molecule has 25 heavy (non-hydrogen) atoms. The Balaban J connectivity index is 1.55. The third-order valence-electron chi connectivity index (χ3n) is 4.82. The number of nitrogens with one attached hydrogen (secondary N) is 1. The molecule has 2 amide bonds. The molecule has 0 spiro atoms. The number of hydrogen-bond acceptors (Lipinski definition) is 3. The molecule has 1 N–H and O–H groups in total. The third kappa shape index (κ3) is 4.39. The summed E-state index contributed by atoms with van der Waals surface area (Å²) in [6.07, 6.45) is 5.96. The number of carbonyl (C=O) groups excluding carboxylic acids is 1. The molecule has 0 unspecified atom stereocenters. The topological polar surface area (TPSA) is 59.4 Å². The number of aromatic nitrogens is 2. The summed E-state index contributed by atoms with van der Waals surface area (Å²) in [4.78, 5) is 14.4. The highest BCUT2D eigenvalue weighted by Crippen LogP contribution is 2.23. The maximum atomic E-state index is 12.5. The Hall–Kier alpha value is -2.34. The summed E-state index contributed by atoms with van der Waals surface area (Å²) in [5, 5.41) is 7.22. The van der Waals surface area contributed by atoms with Crippen LogP contribution < -0.4 is 5.32 Å².